The average molecular weight is 312 g/mol. The van der Waals surface area contributed by atoms with Crippen LogP contribution < -0.4 is 0 Å². The number of carboxylic acids is 1. The quantitative estimate of drug-likeness (QED) is 0.813. The van der Waals surface area contributed by atoms with E-state index in [2.05, 4.69) is 4.90 Å². The molecule has 2 rings (SSSR count). The van der Waals surface area contributed by atoms with Gasteiger partial charge in [-0.25, -0.2) is 0 Å². The number of rotatable bonds is 6. The predicted molar refractivity (Wildman–Crippen MR) is 78.8 cm³/mol. The average Bonchev–Trinajstić information content (AvgIpc) is 2.47. The number of nitrogens with zero attached hydrogens (tertiary/aromatic N) is 1. The molecule has 1 N–H and O–H groups in total. The molecular formula is C15H18ClNO4. The molecular weight excluding hydrogens is 294 g/mol. The third-order valence-electron chi connectivity index (χ3n) is 3.50. The molecule has 1 fully saturated rings. The zero-order valence-electron chi connectivity index (χ0n) is 11.6. The standard InChI is InChI=1S/C15H18ClNO4/c16-13-3-1-11(2-4-13)15(20)12(9-14(18)19)10-17-5-7-21-8-6-17/h1-4,12H,5-10H2,(H,18,19). The first-order valence-corrected chi connectivity index (χ1v) is 7.25. The van der Waals surface area contributed by atoms with Crippen LogP contribution in [0, 0.1) is 5.92 Å². The highest BCUT2D eigenvalue weighted by Gasteiger charge is 2.26. The van der Waals surface area contributed by atoms with Crippen LogP contribution in [0.4, 0.5) is 0 Å². The van der Waals surface area contributed by atoms with Crippen molar-refractivity contribution in [2.45, 2.75) is 6.42 Å². The van der Waals surface area contributed by atoms with E-state index < -0.39 is 11.9 Å². The van der Waals surface area contributed by atoms with Gasteiger partial charge in [0.2, 0.25) is 0 Å². The van der Waals surface area contributed by atoms with E-state index in [9.17, 15) is 9.59 Å². The maximum Gasteiger partial charge on any atom is 0.304 e. The summed E-state index contributed by atoms with van der Waals surface area (Å²) in [5, 5.41) is 9.59. The van der Waals surface area contributed by atoms with Gasteiger partial charge in [-0.15, -0.1) is 0 Å². The van der Waals surface area contributed by atoms with Crippen molar-refractivity contribution in [3.05, 3.63) is 34.9 Å². The molecule has 0 saturated carbocycles. The lowest BCUT2D eigenvalue weighted by Crippen LogP contribution is -2.41. The highest BCUT2D eigenvalue weighted by molar-refractivity contribution is 6.30. The zero-order chi connectivity index (χ0) is 15.2. The predicted octanol–water partition coefficient (Wildman–Crippen LogP) is 1.95. The minimum absolute atomic E-state index is 0.152. The third kappa shape index (κ3) is 4.81. The first-order chi connectivity index (χ1) is 10.1. The number of halogens is 1. The fourth-order valence-electron chi connectivity index (χ4n) is 2.40. The van der Waals surface area contributed by atoms with E-state index in [0.29, 0.717) is 30.3 Å². The summed E-state index contributed by atoms with van der Waals surface area (Å²) in [6.07, 6.45) is -0.168. The van der Waals surface area contributed by atoms with Crippen molar-refractivity contribution >= 4 is 23.4 Å². The third-order valence-corrected chi connectivity index (χ3v) is 3.75. The molecule has 0 spiro atoms. The number of benzene rings is 1. The molecule has 114 valence electrons. The molecule has 0 radical (unpaired) electrons. The lowest BCUT2D eigenvalue weighted by atomic mass is 9.94. The van der Waals surface area contributed by atoms with Gasteiger partial charge >= 0.3 is 5.97 Å². The van der Waals surface area contributed by atoms with Crippen molar-refractivity contribution in [3.8, 4) is 0 Å². The normalized spacial score (nSPS) is 17.4. The summed E-state index contributed by atoms with van der Waals surface area (Å²) in [4.78, 5) is 25.6. The molecule has 1 aliphatic heterocycles. The van der Waals surface area contributed by atoms with E-state index in [-0.39, 0.29) is 12.2 Å². The Morgan fingerprint density at radius 2 is 1.86 bits per heavy atom. The van der Waals surface area contributed by atoms with Crippen LogP contribution in [-0.4, -0.2) is 54.6 Å². The van der Waals surface area contributed by atoms with Crippen molar-refractivity contribution in [1.29, 1.82) is 0 Å². The van der Waals surface area contributed by atoms with Crippen molar-refractivity contribution < 1.29 is 19.4 Å². The largest absolute Gasteiger partial charge is 0.481 e. The van der Waals surface area contributed by atoms with Crippen molar-refractivity contribution in [2.75, 3.05) is 32.8 Å². The van der Waals surface area contributed by atoms with Crippen LogP contribution in [0.25, 0.3) is 0 Å². The fourth-order valence-corrected chi connectivity index (χ4v) is 2.52. The van der Waals surface area contributed by atoms with E-state index in [1.54, 1.807) is 24.3 Å². The number of carbonyl (C=O) groups excluding carboxylic acids is 1. The topological polar surface area (TPSA) is 66.8 Å². The summed E-state index contributed by atoms with van der Waals surface area (Å²) in [5.74, 6) is -1.67. The van der Waals surface area contributed by atoms with Crippen LogP contribution in [0.15, 0.2) is 24.3 Å². The maximum absolute atomic E-state index is 12.5. The van der Waals surface area contributed by atoms with Crippen molar-refractivity contribution in [3.63, 3.8) is 0 Å². The molecule has 1 unspecified atom stereocenters. The Labute approximate surface area is 128 Å². The molecule has 0 bridgehead atoms. The Morgan fingerprint density at radius 3 is 2.43 bits per heavy atom. The molecule has 1 saturated heterocycles. The summed E-state index contributed by atoms with van der Waals surface area (Å²) < 4.78 is 5.26. The Balaban J connectivity index is 2.08. The molecule has 5 nitrogen and oxygen atoms in total. The van der Waals surface area contributed by atoms with Crippen LogP contribution in [0.3, 0.4) is 0 Å². The second-order valence-electron chi connectivity index (χ2n) is 5.08. The van der Waals surface area contributed by atoms with Crippen LogP contribution in [0.1, 0.15) is 16.8 Å². The molecule has 1 aromatic rings. The molecule has 0 aliphatic carbocycles. The number of carbonyl (C=O) groups is 2. The molecule has 1 heterocycles. The van der Waals surface area contributed by atoms with E-state index in [0.717, 1.165) is 13.1 Å². The van der Waals surface area contributed by atoms with E-state index in [4.69, 9.17) is 21.4 Å². The zero-order valence-corrected chi connectivity index (χ0v) is 12.4. The molecule has 21 heavy (non-hydrogen) atoms. The lowest BCUT2D eigenvalue weighted by Gasteiger charge is -2.29. The summed E-state index contributed by atoms with van der Waals surface area (Å²) in [6.45, 7) is 3.13. The number of carboxylic acid groups (broad SMARTS) is 1. The summed E-state index contributed by atoms with van der Waals surface area (Å²) >= 11 is 5.81. The molecule has 6 heteroatoms. The summed E-state index contributed by atoms with van der Waals surface area (Å²) in [7, 11) is 0. The first-order valence-electron chi connectivity index (χ1n) is 6.88. The van der Waals surface area contributed by atoms with Gasteiger partial charge in [0.05, 0.1) is 19.6 Å². The van der Waals surface area contributed by atoms with Gasteiger partial charge in [0, 0.05) is 36.1 Å². The Hall–Kier alpha value is -1.43. The van der Waals surface area contributed by atoms with Crippen LogP contribution in [0.5, 0.6) is 0 Å². The van der Waals surface area contributed by atoms with Gasteiger partial charge in [0.25, 0.3) is 0 Å². The second kappa shape index (κ2) is 7.54. The first kappa shape index (κ1) is 15.9. The van der Waals surface area contributed by atoms with Gasteiger partial charge in [0.15, 0.2) is 5.78 Å². The van der Waals surface area contributed by atoms with Crippen LogP contribution in [-0.2, 0) is 9.53 Å². The van der Waals surface area contributed by atoms with E-state index in [1.165, 1.54) is 0 Å². The molecule has 1 aromatic carbocycles. The Morgan fingerprint density at radius 1 is 1.24 bits per heavy atom. The van der Waals surface area contributed by atoms with E-state index >= 15 is 0 Å². The number of hydrogen-bond donors (Lipinski definition) is 1. The van der Waals surface area contributed by atoms with E-state index in [1.807, 2.05) is 0 Å². The molecule has 1 atom stereocenters. The smallest absolute Gasteiger partial charge is 0.304 e. The molecule has 0 aromatic heterocycles. The molecule has 0 amide bonds. The van der Waals surface area contributed by atoms with Gasteiger partial charge in [-0.1, -0.05) is 11.6 Å². The van der Waals surface area contributed by atoms with Crippen molar-refractivity contribution in [2.24, 2.45) is 5.92 Å². The lowest BCUT2D eigenvalue weighted by molar-refractivity contribution is -0.138. The van der Waals surface area contributed by atoms with Gasteiger partial charge in [-0.3, -0.25) is 14.5 Å². The number of ether oxygens (including phenoxy) is 1. The minimum Gasteiger partial charge on any atom is -0.481 e. The number of aliphatic carboxylic acids is 1. The number of Topliss-reactive ketones (excluding diaryl/α,β-unsaturated/α-hetero) is 1. The van der Waals surface area contributed by atoms with Gasteiger partial charge in [0.1, 0.15) is 0 Å². The van der Waals surface area contributed by atoms with Crippen LogP contribution >= 0.6 is 11.6 Å². The van der Waals surface area contributed by atoms with Crippen LogP contribution in [0.2, 0.25) is 5.02 Å². The maximum atomic E-state index is 12.5. The minimum atomic E-state index is -0.962. The summed E-state index contributed by atoms with van der Waals surface area (Å²) in [6, 6.07) is 6.56. The fraction of sp³-hybridized carbons (Fsp3) is 0.467. The number of ketones is 1. The summed E-state index contributed by atoms with van der Waals surface area (Å²) in [5.41, 5.74) is 0.499. The van der Waals surface area contributed by atoms with Gasteiger partial charge in [-0.2, -0.15) is 0 Å². The van der Waals surface area contributed by atoms with Crippen molar-refractivity contribution in [1.82, 2.24) is 4.90 Å². The monoisotopic (exact) mass is 311 g/mol. The Kier molecular flexibility index (Phi) is 5.73. The second-order valence-corrected chi connectivity index (χ2v) is 5.52. The number of morpholine rings is 1. The highest BCUT2D eigenvalue weighted by Crippen LogP contribution is 2.17. The molecule has 1 aliphatic rings. The number of hydrogen-bond acceptors (Lipinski definition) is 4. The van der Waals surface area contributed by atoms with Gasteiger partial charge in [-0.05, 0) is 24.3 Å². The van der Waals surface area contributed by atoms with Gasteiger partial charge < -0.3 is 9.84 Å². The highest BCUT2D eigenvalue weighted by atomic mass is 35.5. The Bertz CT molecular complexity index is 497. The SMILES string of the molecule is O=C(O)CC(CN1CCOCC1)C(=O)c1ccc(Cl)cc1.